The molecule has 312 valence electrons. The van der Waals surface area contributed by atoms with Crippen molar-refractivity contribution in [2.75, 3.05) is 54.1 Å². The maximum Gasteiger partial charge on any atom is 0.306 e. The number of hydrogen-bond acceptors (Lipinski definition) is 7. The molecule has 0 N–H and O–H groups in total. The topological polar surface area (TPSA) is 94.1 Å². The van der Waals surface area contributed by atoms with Gasteiger partial charge in [-0.3, -0.25) is 9.36 Å². The Labute approximate surface area is 323 Å². The average Bonchev–Trinajstić information content (AvgIpc) is 3.09. The van der Waals surface area contributed by atoms with Crippen molar-refractivity contribution in [1.82, 2.24) is 0 Å². The first-order chi connectivity index (χ1) is 25.1. The van der Waals surface area contributed by atoms with E-state index in [0.29, 0.717) is 24.1 Å². The molecular weight excluding hydrogens is 673 g/mol. The van der Waals surface area contributed by atoms with Crippen molar-refractivity contribution in [1.29, 1.82) is 0 Å². The van der Waals surface area contributed by atoms with Crippen molar-refractivity contribution in [2.24, 2.45) is 0 Å². The third kappa shape index (κ3) is 40.7. The zero-order valence-electron chi connectivity index (χ0n) is 35.3. The zero-order valence-corrected chi connectivity index (χ0v) is 36.2. The molecule has 2 unspecified atom stereocenters. The standard InChI is InChI=1S/C43H88NO7P/c1-6-8-10-12-14-15-16-17-18-19-20-21-22-23-24-25-26-27-28-29-30-31-33-35-38-48-40-42(51-43(45)36-34-32-13-11-9-7-2)41-50-52(46,47)49-39-37-44(3,4)5/h42H,6-41H2,1-5H3. The van der Waals surface area contributed by atoms with Crippen LogP contribution in [0.15, 0.2) is 0 Å². The highest BCUT2D eigenvalue weighted by Crippen LogP contribution is 2.38. The monoisotopic (exact) mass is 762 g/mol. The molecule has 0 fully saturated rings. The van der Waals surface area contributed by atoms with Crippen molar-refractivity contribution >= 4 is 13.8 Å². The molecule has 0 heterocycles. The SMILES string of the molecule is CCCCCCCCCCCCCCCCCCCCCCCCCCOCC(COP(=O)([O-])OCC[N+](C)(C)C)OC(=O)CCCCCCCC. The lowest BCUT2D eigenvalue weighted by Crippen LogP contribution is -2.37. The number of hydrogen-bond donors (Lipinski definition) is 0. The molecule has 8 nitrogen and oxygen atoms in total. The van der Waals surface area contributed by atoms with Crippen molar-refractivity contribution < 1.29 is 37.3 Å². The van der Waals surface area contributed by atoms with Crippen LogP contribution in [0.4, 0.5) is 0 Å². The van der Waals surface area contributed by atoms with Gasteiger partial charge in [-0.25, -0.2) is 0 Å². The number of unbranched alkanes of at least 4 members (excludes halogenated alkanes) is 28. The molecule has 0 aromatic carbocycles. The molecule has 52 heavy (non-hydrogen) atoms. The minimum Gasteiger partial charge on any atom is -0.756 e. The first kappa shape index (κ1) is 51.5. The number of nitrogens with zero attached hydrogens (tertiary/aromatic N) is 1. The summed E-state index contributed by atoms with van der Waals surface area (Å²) in [6.45, 7) is 5.39. The van der Waals surface area contributed by atoms with E-state index in [0.717, 1.165) is 32.1 Å². The van der Waals surface area contributed by atoms with Crippen LogP contribution in [-0.2, 0) is 27.9 Å². The van der Waals surface area contributed by atoms with Gasteiger partial charge in [0.15, 0.2) is 0 Å². The zero-order chi connectivity index (χ0) is 38.4. The summed E-state index contributed by atoms with van der Waals surface area (Å²) in [5.74, 6) is -0.339. The summed E-state index contributed by atoms with van der Waals surface area (Å²) in [6, 6.07) is 0. The van der Waals surface area contributed by atoms with Gasteiger partial charge in [0.2, 0.25) is 0 Å². The number of esters is 1. The molecule has 2 atom stereocenters. The number of phosphoric acid groups is 1. The Morgan fingerprint density at radius 3 is 1.27 bits per heavy atom. The molecule has 0 spiro atoms. The molecule has 0 rings (SSSR count). The second kappa shape index (κ2) is 37.4. The van der Waals surface area contributed by atoms with Gasteiger partial charge >= 0.3 is 5.97 Å². The Bertz CT molecular complexity index is 807. The van der Waals surface area contributed by atoms with E-state index in [1.807, 2.05) is 21.1 Å². The molecule has 0 aromatic heterocycles. The van der Waals surface area contributed by atoms with Gasteiger partial charge in [0.25, 0.3) is 7.82 Å². The molecule has 0 saturated heterocycles. The van der Waals surface area contributed by atoms with Crippen LogP contribution in [0.5, 0.6) is 0 Å². The lowest BCUT2D eigenvalue weighted by atomic mass is 10.0. The largest absolute Gasteiger partial charge is 0.756 e. The first-order valence-corrected chi connectivity index (χ1v) is 23.7. The fourth-order valence-corrected chi connectivity index (χ4v) is 7.16. The number of rotatable bonds is 42. The van der Waals surface area contributed by atoms with Gasteiger partial charge in [-0.05, 0) is 12.8 Å². The first-order valence-electron chi connectivity index (χ1n) is 22.3. The molecule has 0 aliphatic rings. The number of quaternary nitrogens is 1. The lowest BCUT2D eigenvalue weighted by Gasteiger charge is -2.28. The van der Waals surface area contributed by atoms with E-state index in [4.69, 9.17) is 18.5 Å². The highest BCUT2D eigenvalue weighted by molar-refractivity contribution is 7.45. The van der Waals surface area contributed by atoms with Crippen LogP contribution in [0.1, 0.15) is 213 Å². The normalized spacial score (nSPS) is 13.7. The Morgan fingerprint density at radius 2 is 0.885 bits per heavy atom. The fourth-order valence-electron chi connectivity index (χ4n) is 6.43. The van der Waals surface area contributed by atoms with E-state index in [2.05, 4.69) is 13.8 Å². The molecule has 9 heteroatoms. The van der Waals surface area contributed by atoms with Gasteiger partial charge in [0, 0.05) is 13.0 Å². The summed E-state index contributed by atoms with van der Waals surface area (Å²) < 4.78 is 34.4. The van der Waals surface area contributed by atoms with E-state index in [1.54, 1.807) is 0 Å². The predicted octanol–water partition coefficient (Wildman–Crippen LogP) is 12.3. The minimum absolute atomic E-state index is 0.0306. The summed E-state index contributed by atoms with van der Waals surface area (Å²) >= 11 is 0. The summed E-state index contributed by atoms with van der Waals surface area (Å²) in [5.41, 5.74) is 0. The molecule has 0 aliphatic heterocycles. The van der Waals surface area contributed by atoms with Gasteiger partial charge in [-0.1, -0.05) is 194 Å². The highest BCUT2D eigenvalue weighted by atomic mass is 31.2. The average molecular weight is 762 g/mol. The molecule has 0 aromatic rings. The molecule has 0 saturated carbocycles. The maximum absolute atomic E-state index is 12.5. The minimum atomic E-state index is -4.50. The van der Waals surface area contributed by atoms with Crippen LogP contribution in [-0.4, -0.2) is 70.7 Å². The Balaban J connectivity index is 3.88. The number of carbonyl (C=O) groups is 1. The quantitative estimate of drug-likeness (QED) is 0.0264. The summed E-state index contributed by atoms with van der Waals surface area (Å²) in [6.07, 6.45) is 38.7. The van der Waals surface area contributed by atoms with Gasteiger partial charge in [0.1, 0.15) is 19.3 Å². The fraction of sp³-hybridized carbons (Fsp3) is 0.977. The molecule has 0 aliphatic carbocycles. The predicted molar refractivity (Wildman–Crippen MR) is 218 cm³/mol. The second-order valence-corrected chi connectivity index (χ2v) is 17.8. The van der Waals surface area contributed by atoms with E-state index in [-0.39, 0.29) is 25.8 Å². The van der Waals surface area contributed by atoms with Crippen molar-refractivity contribution in [3.8, 4) is 0 Å². The smallest absolute Gasteiger partial charge is 0.306 e. The van der Waals surface area contributed by atoms with Crippen LogP contribution in [0.25, 0.3) is 0 Å². The number of likely N-dealkylation sites (N-methyl/N-ethyl adjacent to an activating group) is 1. The van der Waals surface area contributed by atoms with Crippen molar-refractivity contribution in [2.45, 2.75) is 219 Å². The lowest BCUT2D eigenvalue weighted by molar-refractivity contribution is -0.870. The Hall–Kier alpha value is -0.500. The third-order valence-corrected chi connectivity index (χ3v) is 10.9. The van der Waals surface area contributed by atoms with Crippen molar-refractivity contribution in [3.63, 3.8) is 0 Å². The number of ether oxygens (including phenoxy) is 2. The Kier molecular flexibility index (Phi) is 37.1. The van der Waals surface area contributed by atoms with Gasteiger partial charge < -0.3 is 27.9 Å². The molecule has 0 amide bonds. The summed E-state index contributed by atoms with van der Waals surface area (Å²) in [4.78, 5) is 24.8. The van der Waals surface area contributed by atoms with Gasteiger partial charge in [0.05, 0.1) is 34.4 Å². The van der Waals surface area contributed by atoms with Crippen LogP contribution in [0.3, 0.4) is 0 Å². The van der Waals surface area contributed by atoms with Crippen LogP contribution >= 0.6 is 7.82 Å². The molecule has 0 radical (unpaired) electrons. The Morgan fingerprint density at radius 1 is 0.519 bits per heavy atom. The van der Waals surface area contributed by atoms with E-state index in [9.17, 15) is 14.3 Å². The van der Waals surface area contributed by atoms with Crippen LogP contribution in [0.2, 0.25) is 0 Å². The number of carbonyl (C=O) groups excluding carboxylic acids is 1. The van der Waals surface area contributed by atoms with Gasteiger partial charge in [-0.2, -0.15) is 0 Å². The highest BCUT2D eigenvalue weighted by Gasteiger charge is 2.20. The van der Waals surface area contributed by atoms with E-state index >= 15 is 0 Å². The summed E-state index contributed by atoms with van der Waals surface area (Å²) in [5, 5.41) is 0. The van der Waals surface area contributed by atoms with Crippen molar-refractivity contribution in [3.05, 3.63) is 0 Å². The maximum atomic E-state index is 12.5. The number of phosphoric ester groups is 1. The van der Waals surface area contributed by atoms with Gasteiger partial charge in [-0.15, -0.1) is 0 Å². The second-order valence-electron chi connectivity index (χ2n) is 16.4. The molecule has 0 bridgehead atoms. The van der Waals surface area contributed by atoms with Crippen LogP contribution in [0, 0.1) is 0 Å². The van der Waals surface area contributed by atoms with E-state index in [1.165, 1.54) is 161 Å². The van der Waals surface area contributed by atoms with Crippen LogP contribution < -0.4 is 4.89 Å². The molecular formula is C43H88NO7P. The van der Waals surface area contributed by atoms with E-state index < -0.39 is 13.9 Å². The summed E-state index contributed by atoms with van der Waals surface area (Å²) in [7, 11) is 1.37. The third-order valence-electron chi connectivity index (χ3n) is 9.91.